The molecule has 18 heavy (non-hydrogen) atoms. The van der Waals surface area contributed by atoms with Crippen LogP contribution >= 0.6 is 11.6 Å². The molecule has 1 aromatic heterocycles. The summed E-state index contributed by atoms with van der Waals surface area (Å²) in [6.07, 6.45) is 0. The molecule has 7 heteroatoms. The minimum atomic E-state index is -1.16. The standard InChI is InChI=1S/C11H7ClF2N2O2/c1-2-18-11(17)10-7(12)5-3-4-6(13)8(14)9(5)15-16-10/h3-4H,2H2,1H3. The fraction of sp³-hybridized carbons (Fsp3) is 0.182. The van der Waals surface area contributed by atoms with E-state index in [-0.39, 0.29) is 28.2 Å². The third kappa shape index (κ3) is 1.99. The SMILES string of the molecule is CCOC(=O)c1nnc2c(F)c(F)ccc2c1Cl. The van der Waals surface area contributed by atoms with E-state index >= 15 is 0 Å². The van der Waals surface area contributed by atoms with E-state index in [2.05, 4.69) is 10.2 Å². The van der Waals surface area contributed by atoms with Crippen molar-refractivity contribution in [3.8, 4) is 0 Å². The highest BCUT2D eigenvalue weighted by Gasteiger charge is 2.19. The van der Waals surface area contributed by atoms with Crippen molar-refractivity contribution >= 4 is 28.5 Å². The van der Waals surface area contributed by atoms with E-state index < -0.39 is 17.6 Å². The highest BCUT2D eigenvalue weighted by Crippen LogP contribution is 2.27. The highest BCUT2D eigenvalue weighted by atomic mass is 35.5. The third-order valence-corrected chi connectivity index (χ3v) is 2.61. The van der Waals surface area contributed by atoms with Gasteiger partial charge in [-0.05, 0) is 19.1 Å². The molecule has 1 heterocycles. The summed E-state index contributed by atoms with van der Waals surface area (Å²) in [4.78, 5) is 11.5. The van der Waals surface area contributed by atoms with Crippen LogP contribution in [-0.4, -0.2) is 22.8 Å². The number of aromatic nitrogens is 2. The van der Waals surface area contributed by atoms with Gasteiger partial charge in [-0.25, -0.2) is 13.6 Å². The first-order chi connectivity index (χ1) is 8.56. The minimum Gasteiger partial charge on any atom is -0.461 e. The van der Waals surface area contributed by atoms with Crippen molar-refractivity contribution in [2.75, 3.05) is 6.61 Å². The average molecular weight is 273 g/mol. The Morgan fingerprint density at radius 3 is 2.78 bits per heavy atom. The van der Waals surface area contributed by atoms with Crippen LogP contribution in [0.3, 0.4) is 0 Å². The summed E-state index contributed by atoms with van der Waals surface area (Å²) in [5.74, 6) is -2.98. The molecule has 0 atom stereocenters. The smallest absolute Gasteiger partial charge is 0.360 e. The van der Waals surface area contributed by atoms with Gasteiger partial charge in [0.1, 0.15) is 5.52 Å². The highest BCUT2D eigenvalue weighted by molar-refractivity contribution is 6.37. The van der Waals surface area contributed by atoms with Crippen molar-refractivity contribution in [3.63, 3.8) is 0 Å². The molecular formula is C11H7ClF2N2O2. The maximum absolute atomic E-state index is 13.4. The number of halogens is 3. The Morgan fingerprint density at radius 1 is 1.39 bits per heavy atom. The summed E-state index contributed by atoms with van der Waals surface area (Å²) in [6.45, 7) is 1.77. The van der Waals surface area contributed by atoms with E-state index in [0.29, 0.717) is 0 Å². The zero-order chi connectivity index (χ0) is 13.3. The van der Waals surface area contributed by atoms with E-state index in [0.717, 1.165) is 6.07 Å². The van der Waals surface area contributed by atoms with Gasteiger partial charge in [-0.3, -0.25) is 0 Å². The molecule has 0 N–H and O–H groups in total. The second kappa shape index (κ2) is 4.81. The Balaban J connectivity index is 2.65. The summed E-state index contributed by atoms with van der Waals surface area (Å²) in [6, 6.07) is 2.13. The van der Waals surface area contributed by atoms with E-state index in [1.54, 1.807) is 6.92 Å². The number of benzene rings is 1. The maximum Gasteiger partial charge on any atom is 0.360 e. The molecule has 1 aromatic carbocycles. The predicted molar refractivity (Wildman–Crippen MR) is 60.4 cm³/mol. The number of fused-ring (bicyclic) bond motifs is 1. The van der Waals surface area contributed by atoms with Crippen LogP contribution in [0.1, 0.15) is 17.4 Å². The molecule has 0 aliphatic carbocycles. The first-order valence-electron chi connectivity index (χ1n) is 5.03. The van der Waals surface area contributed by atoms with E-state index in [1.165, 1.54) is 6.07 Å². The Bertz CT molecular complexity index is 634. The van der Waals surface area contributed by atoms with Gasteiger partial charge in [-0.2, -0.15) is 0 Å². The topological polar surface area (TPSA) is 52.1 Å². The lowest BCUT2D eigenvalue weighted by Crippen LogP contribution is -2.10. The monoisotopic (exact) mass is 272 g/mol. The van der Waals surface area contributed by atoms with Crippen LogP contribution in [0.2, 0.25) is 5.02 Å². The van der Waals surface area contributed by atoms with Crippen molar-refractivity contribution in [2.45, 2.75) is 6.92 Å². The van der Waals surface area contributed by atoms with Gasteiger partial charge in [0.2, 0.25) is 0 Å². The quantitative estimate of drug-likeness (QED) is 0.789. The lowest BCUT2D eigenvalue weighted by Gasteiger charge is -2.05. The van der Waals surface area contributed by atoms with E-state index in [4.69, 9.17) is 16.3 Å². The summed E-state index contributed by atoms with van der Waals surface area (Å²) in [5, 5.41) is 6.91. The van der Waals surface area contributed by atoms with Gasteiger partial charge in [-0.15, -0.1) is 10.2 Å². The summed E-state index contributed by atoms with van der Waals surface area (Å²) in [5.41, 5.74) is -0.551. The first kappa shape index (κ1) is 12.6. The fourth-order valence-electron chi connectivity index (χ4n) is 1.42. The molecule has 0 bridgehead atoms. The van der Waals surface area contributed by atoms with Crippen LogP contribution < -0.4 is 0 Å². The largest absolute Gasteiger partial charge is 0.461 e. The molecule has 0 aliphatic heterocycles. The number of carbonyl (C=O) groups excluding carboxylic acids is 1. The van der Waals surface area contributed by atoms with Gasteiger partial charge < -0.3 is 4.74 Å². The molecule has 0 fully saturated rings. The van der Waals surface area contributed by atoms with Gasteiger partial charge >= 0.3 is 5.97 Å². The zero-order valence-corrected chi connectivity index (χ0v) is 9.96. The number of hydrogen-bond donors (Lipinski definition) is 0. The first-order valence-corrected chi connectivity index (χ1v) is 5.41. The molecule has 0 spiro atoms. The Labute approximate surface area is 106 Å². The Hall–Kier alpha value is -1.82. The van der Waals surface area contributed by atoms with Gasteiger partial charge in [0.05, 0.1) is 11.6 Å². The summed E-state index contributed by atoms with van der Waals surface area (Å²) >= 11 is 5.90. The molecule has 0 saturated heterocycles. The third-order valence-electron chi connectivity index (χ3n) is 2.23. The second-order valence-electron chi connectivity index (χ2n) is 3.34. The van der Waals surface area contributed by atoms with E-state index in [1.807, 2.05) is 0 Å². The van der Waals surface area contributed by atoms with Crippen molar-refractivity contribution < 1.29 is 18.3 Å². The number of esters is 1. The van der Waals surface area contributed by atoms with Crippen molar-refractivity contribution in [1.29, 1.82) is 0 Å². The zero-order valence-electron chi connectivity index (χ0n) is 9.21. The van der Waals surface area contributed by atoms with Crippen LogP contribution in [-0.2, 0) is 4.74 Å². The molecule has 2 rings (SSSR count). The molecular weight excluding hydrogens is 266 g/mol. The van der Waals surface area contributed by atoms with Crippen LogP contribution in [0.5, 0.6) is 0 Å². The van der Waals surface area contributed by atoms with Gasteiger partial charge in [0.15, 0.2) is 17.3 Å². The van der Waals surface area contributed by atoms with Crippen molar-refractivity contribution in [2.24, 2.45) is 0 Å². The number of carbonyl (C=O) groups is 1. The molecule has 94 valence electrons. The Morgan fingerprint density at radius 2 is 2.11 bits per heavy atom. The van der Waals surface area contributed by atoms with Crippen LogP contribution in [0.15, 0.2) is 12.1 Å². The number of rotatable bonds is 2. The lowest BCUT2D eigenvalue weighted by molar-refractivity contribution is 0.0518. The average Bonchev–Trinajstić information content (AvgIpc) is 2.34. The lowest BCUT2D eigenvalue weighted by atomic mass is 10.2. The van der Waals surface area contributed by atoms with Crippen LogP contribution in [0.4, 0.5) is 8.78 Å². The summed E-state index contributed by atoms with van der Waals surface area (Å²) < 4.78 is 31.1. The molecule has 0 saturated carbocycles. The Kier molecular flexibility index (Phi) is 3.38. The van der Waals surface area contributed by atoms with Gasteiger partial charge in [-0.1, -0.05) is 11.6 Å². The fourth-order valence-corrected chi connectivity index (χ4v) is 1.68. The number of nitrogens with zero attached hydrogens (tertiary/aromatic N) is 2. The molecule has 2 aromatic rings. The molecule has 4 nitrogen and oxygen atoms in total. The molecule has 0 amide bonds. The minimum absolute atomic E-state index is 0.105. The van der Waals surface area contributed by atoms with Crippen LogP contribution in [0.25, 0.3) is 10.9 Å². The number of ether oxygens (including phenoxy) is 1. The van der Waals surface area contributed by atoms with Crippen molar-refractivity contribution in [1.82, 2.24) is 10.2 Å². The van der Waals surface area contributed by atoms with Crippen LogP contribution in [0, 0.1) is 11.6 Å². The predicted octanol–water partition coefficient (Wildman–Crippen LogP) is 2.74. The van der Waals surface area contributed by atoms with E-state index in [9.17, 15) is 13.6 Å². The van der Waals surface area contributed by atoms with Crippen molar-refractivity contribution in [3.05, 3.63) is 34.5 Å². The van der Waals surface area contributed by atoms with Gasteiger partial charge in [0, 0.05) is 5.39 Å². The summed E-state index contributed by atoms with van der Waals surface area (Å²) in [7, 11) is 0. The normalized spacial score (nSPS) is 10.7. The maximum atomic E-state index is 13.4. The molecule has 0 radical (unpaired) electrons. The molecule has 0 unspecified atom stereocenters. The van der Waals surface area contributed by atoms with Gasteiger partial charge in [0.25, 0.3) is 0 Å². The molecule has 0 aliphatic rings. The number of hydrogen-bond acceptors (Lipinski definition) is 4. The second-order valence-corrected chi connectivity index (χ2v) is 3.72.